The molecule has 1 saturated carbocycles. The first kappa shape index (κ1) is 29.1. The van der Waals surface area contributed by atoms with Crippen LogP contribution in [0.5, 0.6) is 0 Å². The maximum Gasteiger partial charge on any atom is 0.308 e. The molecule has 0 spiro atoms. The summed E-state index contributed by atoms with van der Waals surface area (Å²) in [4.78, 5) is 26.5. The van der Waals surface area contributed by atoms with E-state index in [4.69, 9.17) is 4.74 Å². The van der Waals surface area contributed by atoms with Gasteiger partial charge in [-0.1, -0.05) is 63.3 Å². The molecule has 1 aliphatic heterocycles. The molecule has 2 heterocycles. The Bertz CT molecular complexity index is 1590. The van der Waals surface area contributed by atoms with Crippen molar-refractivity contribution in [3.63, 3.8) is 0 Å². The molecule has 6 rings (SSSR count). The number of hydrogen-bond donors (Lipinski definition) is 2. The van der Waals surface area contributed by atoms with Crippen LogP contribution >= 0.6 is 0 Å². The lowest BCUT2D eigenvalue weighted by molar-refractivity contribution is -0.146. The summed E-state index contributed by atoms with van der Waals surface area (Å²) in [7, 11) is 0. The molecule has 43 heavy (non-hydrogen) atoms. The Morgan fingerprint density at radius 3 is 2.56 bits per heavy atom. The van der Waals surface area contributed by atoms with Gasteiger partial charge in [0.1, 0.15) is 11.9 Å². The average Bonchev–Trinajstić information content (AvgIpc) is 3.52. The SMILES string of the molecule is CC1C=C(NC(=O)c2c(-c3ccccc3)c(-c3ccc(F)cc3)n(CCC34CC3OC(=O)C[C@H](O)C4)c2C(C)C)C=CC1. The summed E-state index contributed by atoms with van der Waals surface area (Å²) >= 11 is 0. The number of carbonyl (C=O) groups excluding carboxylic acids is 2. The highest BCUT2D eigenvalue weighted by molar-refractivity contribution is 6.07. The Balaban J connectivity index is 1.52. The van der Waals surface area contributed by atoms with E-state index < -0.39 is 6.10 Å². The summed E-state index contributed by atoms with van der Waals surface area (Å²) < 4.78 is 22.0. The topological polar surface area (TPSA) is 80.6 Å². The third kappa shape index (κ3) is 5.83. The molecule has 1 aromatic heterocycles. The summed E-state index contributed by atoms with van der Waals surface area (Å²) in [5.41, 5.74) is 5.34. The highest BCUT2D eigenvalue weighted by atomic mass is 19.1. The van der Waals surface area contributed by atoms with E-state index in [1.54, 1.807) is 12.1 Å². The van der Waals surface area contributed by atoms with Gasteiger partial charge in [0, 0.05) is 28.9 Å². The average molecular weight is 583 g/mol. The molecule has 6 nitrogen and oxygen atoms in total. The molecule has 4 atom stereocenters. The van der Waals surface area contributed by atoms with Crippen LogP contribution in [0.25, 0.3) is 22.4 Å². The first-order valence-electron chi connectivity index (χ1n) is 15.3. The fraction of sp³-hybridized carbons (Fsp3) is 0.389. The lowest BCUT2D eigenvalue weighted by Gasteiger charge is -2.22. The fourth-order valence-corrected chi connectivity index (χ4v) is 6.94. The van der Waals surface area contributed by atoms with Crippen molar-refractivity contribution in [2.24, 2.45) is 11.3 Å². The van der Waals surface area contributed by atoms with Crippen LogP contribution in [-0.2, 0) is 16.1 Å². The van der Waals surface area contributed by atoms with Gasteiger partial charge >= 0.3 is 5.97 Å². The highest BCUT2D eigenvalue weighted by Gasteiger charge is 2.59. The second-order valence-electron chi connectivity index (χ2n) is 12.7. The zero-order valence-corrected chi connectivity index (χ0v) is 25.0. The number of amides is 1. The summed E-state index contributed by atoms with van der Waals surface area (Å²) in [5.74, 6) is -0.552. The van der Waals surface area contributed by atoms with Crippen LogP contribution in [0.2, 0.25) is 0 Å². The third-order valence-electron chi connectivity index (χ3n) is 9.05. The number of aliphatic hydroxyl groups excluding tert-OH is 1. The molecule has 3 aromatic rings. The molecule has 0 bridgehead atoms. The predicted molar refractivity (Wildman–Crippen MR) is 165 cm³/mol. The number of benzene rings is 2. The molecule has 2 aliphatic carbocycles. The molecule has 0 radical (unpaired) electrons. The van der Waals surface area contributed by atoms with Gasteiger partial charge in [0.25, 0.3) is 5.91 Å². The van der Waals surface area contributed by atoms with Crippen molar-refractivity contribution < 1.29 is 23.8 Å². The third-order valence-corrected chi connectivity index (χ3v) is 9.05. The number of nitrogens with one attached hydrogen (secondary N) is 1. The largest absolute Gasteiger partial charge is 0.462 e. The van der Waals surface area contributed by atoms with E-state index in [-0.39, 0.29) is 41.6 Å². The molecule has 2 N–H and O–H groups in total. The summed E-state index contributed by atoms with van der Waals surface area (Å²) in [6.45, 7) is 6.85. The highest BCUT2D eigenvalue weighted by Crippen LogP contribution is 2.57. The number of aliphatic hydroxyl groups is 1. The van der Waals surface area contributed by atoms with E-state index in [0.29, 0.717) is 30.9 Å². The minimum atomic E-state index is -0.730. The zero-order valence-electron chi connectivity index (χ0n) is 25.0. The van der Waals surface area contributed by atoms with E-state index in [1.165, 1.54) is 12.1 Å². The van der Waals surface area contributed by atoms with Crippen molar-refractivity contribution in [1.29, 1.82) is 0 Å². The van der Waals surface area contributed by atoms with Gasteiger partial charge in [0.2, 0.25) is 0 Å². The van der Waals surface area contributed by atoms with Crippen molar-refractivity contribution in [2.75, 3.05) is 0 Å². The van der Waals surface area contributed by atoms with Gasteiger partial charge in [-0.3, -0.25) is 9.59 Å². The number of esters is 1. The van der Waals surface area contributed by atoms with Gasteiger partial charge in [0.15, 0.2) is 0 Å². The number of carbonyl (C=O) groups is 2. The van der Waals surface area contributed by atoms with E-state index >= 15 is 0 Å². The maximum atomic E-state index is 14.3. The Labute approximate surface area is 252 Å². The first-order valence-corrected chi connectivity index (χ1v) is 15.3. The van der Waals surface area contributed by atoms with Crippen LogP contribution in [-0.4, -0.2) is 33.8 Å². The standard InChI is InChI=1S/C36H39FN2O4/c1-22(2)33-32(35(42)38-27-11-7-8-23(3)18-27)31(24-9-5-4-6-10-24)34(25-12-14-26(37)15-13-25)39(33)17-16-36-20-28(40)19-30(41)43-29(36)21-36/h4-7,9-15,18,22-23,28-29,40H,8,16-17,19-21H2,1-3H3,(H,38,42)/t23?,28-,29?,36?/m0/s1. The molecule has 1 amide bonds. The van der Waals surface area contributed by atoms with E-state index in [9.17, 15) is 19.1 Å². The first-order chi connectivity index (χ1) is 20.6. The number of fused-ring (bicyclic) bond motifs is 1. The summed E-state index contributed by atoms with van der Waals surface area (Å²) in [6.07, 6.45) is 8.04. The lowest BCUT2D eigenvalue weighted by Crippen LogP contribution is -2.25. The van der Waals surface area contributed by atoms with Crippen molar-refractivity contribution in [1.82, 2.24) is 9.88 Å². The Hall–Kier alpha value is -3.97. The van der Waals surface area contributed by atoms with Crippen LogP contribution in [0.15, 0.2) is 78.5 Å². The molecule has 1 saturated heterocycles. The minimum Gasteiger partial charge on any atom is -0.462 e. The van der Waals surface area contributed by atoms with Crippen LogP contribution in [0.3, 0.4) is 0 Å². The molecule has 3 aliphatic rings. The quantitative estimate of drug-likeness (QED) is 0.277. The van der Waals surface area contributed by atoms with Crippen LogP contribution in [0.4, 0.5) is 4.39 Å². The lowest BCUT2D eigenvalue weighted by atomic mass is 9.93. The predicted octanol–water partition coefficient (Wildman–Crippen LogP) is 7.14. The normalized spacial score (nSPS) is 24.7. The van der Waals surface area contributed by atoms with Crippen molar-refractivity contribution in [3.8, 4) is 22.4 Å². The van der Waals surface area contributed by atoms with Gasteiger partial charge in [0.05, 0.1) is 23.8 Å². The molecular formula is C36H39FN2O4. The van der Waals surface area contributed by atoms with E-state index in [0.717, 1.165) is 46.6 Å². The molecule has 3 unspecified atom stereocenters. The molecule has 224 valence electrons. The number of nitrogens with zero attached hydrogens (tertiary/aromatic N) is 1. The number of aromatic nitrogens is 1. The van der Waals surface area contributed by atoms with Crippen molar-refractivity contribution in [2.45, 2.75) is 77.5 Å². The van der Waals surface area contributed by atoms with Gasteiger partial charge in [-0.15, -0.1) is 0 Å². The van der Waals surface area contributed by atoms with Crippen LogP contribution in [0.1, 0.15) is 74.8 Å². The fourth-order valence-electron chi connectivity index (χ4n) is 6.94. The second kappa shape index (κ2) is 11.6. The molecule has 2 fully saturated rings. The van der Waals surface area contributed by atoms with Gasteiger partial charge in [-0.2, -0.15) is 0 Å². The van der Waals surface area contributed by atoms with Crippen molar-refractivity contribution in [3.05, 3.63) is 95.6 Å². The van der Waals surface area contributed by atoms with Gasteiger partial charge in [-0.25, -0.2) is 4.39 Å². The number of hydrogen-bond acceptors (Lipinski definition) is 4. The molecular weight excluding hydrogens is 543 g/mol. The number of ether oxygens (including phenoxy) is 1. The minimum absolute atomic E-state index is 0.0164. The zero-order chi connectivity index (χ0) is 30.3. The maximum absolute atomic E-state index is 14.3. The Morgan fingerprint density at radius 2 is 1.86 bits per heavy atom. The molecule has 7 heteroatoms. The summed E-state index contributed by atoms with van der Waals surface area (Å²) in [6, 6.07) is 16.3. The Morgan fingerprint density at radius 1 is 1.12 bits per heavy atom. The van der Waals surface area contributed by atoms with E-state index in [2.05, 4.69) is 42.8 Å². The van der Waals surface area contributed by atoms with E-state index in [1.807, 2.05) is 36.4 Å². The monoisotopic (exact) mass is 582 g/mol. The van der Waals surface area contributed by atoms with Crippen LogP contribution in [0, 0.1) is 17.2 Å². The van der Waals surface area contributed by atoms with Gasteiger partial charge < -0.3 is 19.7 Å². The van der Waals surface area contributed by atoms with Crippen LogP contribution < -0.4 is 5.32 Å². The smallest absolute Gasteiger partial charge is 0.308 e. The number of halogens is 1. The van der Waals surface area contributed by atoms with Gasteiger partial charge in [-0.05, 0) is 79.0 Å². The number of allylic oxidation sites excluding steroid dienone is 3. The summed E-state index contributed by atoms with van der Waals surface area (Å²) in [5, 5.41) is 13.7. The second-order valence-corrected chi connectivity index (χ2v) is 12.7. The number of rotatable bonds is 8. The molecule has 2 aromatic carbocycles. The van der Waals surface area contributed by atoms with Crippen molar-refractivity contribution >= 4 is 11.9 Å². The Kier molecular flexibility index (Phi) is 7.86.